The zero-order valence-corrected chi connectivity index (χ0v) is 21.4. The molecule has 184 valence electrons. The highest BCUT2D eigenvalue weighted by Gasteiger charge is 2.36. The molecule has 0 radical (unpaired) electrons. The highest BCUT2D eigenvalue weighted by atomic mass is 32.1. The van der Waals surface area contributed by atoms with Crippen molar-refractivity contribution in [2.45, 2.75) is 39.3 Å². The number of hydrogen-bond acceptors (Lipinski definition) is 5. The molecule has 0 fully saturated rings. The van der Waals surface area contributed by atoms with Gasteiger partial charge in [0.15, 0.2) is 0 Å². The first-order valence-corrected chi connectivity index (χ1v) is 12.1. The maximum atomic E-state index is 13.8. The van der Waals surface area contributed by atoms with Gasteiger partial charge in [0, 0.05) is 5.54 Å². The van der Waals surface area contributed by atoms with Gasteiger partial charge in [0.25, 0.3) is 5.91 Å². The molecule has 0 aliphatic heterocycles. The molecule has 0 saturated heterocycles. The predicted octanol–water partition coefficient (Wildman–Crippen LogP) is 4.48. The van der Waals surface area contributed by atoms with E-state index in [1.165, 1.54) is 23.3 Å². The zero-order chi connectivity index (χ0) is 25.6. The van der Waals surface area contributed by atoms with Crippen LogP contribution in [0.25, 0.3) is 0 Å². The maximum absolute atomic E-state index is 13.8. The number of amides is 3. The van der Waals surface area contributed by atoms with Crippen molar-refractivity contribution in [1.82, 2.24) is 10.6 Å². The van der Waals surface area contributed by atoms with Gasteiger partial charge < -0.3 is 15.4 Å². The van der Waals surface area contributed by atoms with Gasteiger partial charge in [-0.25, -0.2) is 0 Å². The Labute approximate surface area is 210 Å². The van der Waals surface area contributed by atoms with E-state index in [1.807, 2.05) is 52.0 Å². The van der Waals surface area contributed by atoms with E-state index in [0.717, 1.165) is 5.56 Å². The lowest BCUT2D eigenvalue weighted by Crippen LogP contribution is -2.51. The van der Waals surface area contributed by atoms with Crippen molar-refractivity contribution in [2.24, 2.45) is 0 Å². The summed E-state index contributed by atoms with van der Waals surface area (Å²) in [6.07, 6.45) is 0. The molecule has 3 aromatic rings. The minimum Gasteiger partial charge on any atom is -0.495 e. The van der Waals surface area contributed by atoms with Crippen LogP contribution in [0.2, 0.25) is 0 Å². The van der Waals surface area contributed by atoms with Crippen molar-refractivity contribution >= 4 is 34.7 Å². The van der Waals surface area contributed by atoms with Gasteiger partial charge in [-0.15, -0.1) is 11.3 Å². The lowest BCUT2D eigenvalue weighted by Gasteiger charge is -2.34. The van der Waals surface area contributed by atoms with Crippen LogP contribution in [0.5, 0.6) is 5.75 Å². The summed E-state index contributed by atoms with van der Waals surface area (Å²) in [6.45, 7) is 7.26. The van der Waals surface area contributed by atoms with Crippen LogP contribution in [0.4, 0.5) is 5.69 Å². The second-order valence-corrected chi connectivity index (χ2v) is 10.1. The van der Waals surface area contributed by atoms with Gasteiger partial charge in [-0.1, -0.05) is 42.5 Å². The summed E-state index contributed by atoms with van der Waals surface area (Å²) in [5.74, 6) is -0.695. The van der Waals surface area contributed by atoms with E-state index in [9.17, 15) is 14.4 Å². The average molecular weight is 494 g/mol. The SMILES string of the molecule is COc1ccc(C)cc1N(C(=O)CNC(=O)c1cccs1)[C@@H](C(=O)NC(C)(C)C)c1ccccc1. The van der Waals surface area contributed by atoms with E-state index in [-0.39, 0.29) is 18.4 Å². The topological polar surface area (TPSA) is 87.7 Å². The molecule has 1 heterocycles. The van der Waals surface area contributed by atoms with Crippen molar-refractivity contribution in [2.75, 3.05) is 18.6 Å². The highest BCUT2D eigenvalue weighted by Crippen LogP contribution is 2.36. The third-order valence-corrected chi connectivity index (χ3v) is 6.00. The fourth-order valence-electron chi connectivity index (χ4n) is 3.63. The van der Waals surface area contributed by atoms with Gasteiger partial charge in [-0.2, -0.15) is 0 Å². The molecule has 7 nitrogen and oxygen atoms in total. The van der Waals surface area contributed by atoms with Gasteiger partial charge >= 0.3 is 0 Å². The molecule has 3 amide bonds. The Hall–Kier alpha value is -3.65. The molecular weight excluding hydrogens is 462 g/mol. The molecule has 1 aromatic heterocycles. The van der Waals surface area contributed by atoms with Crippen molar-refractivity contribution < 1.29 is 19.1 Å². The summed E-state index contributed by atoms with van der Waals surface area (Å²) in [7, 11) is 1.52. The summed E-state index contributed by atoms with van der Waals surface area (Å²) >= 11 is 1.29. The summed E-state index contributed by atoms with van der Waals surface area (Å²) < 4.78 is 5.57. The number of nitrogens with one attached hydrogen (secondary N) is 2. The van der Waals surface area contributed by atoms with Crippen molar-refractivity contribution in [3.8, 4) is 5.75 Å². The van der Waals surface area contributed by atoms with Crippen LogP contribution in [0.1, 0.15) is 47.6 Å². The molecule has 0 bridgehead atoms. The van der Waals surface area contributed by atoms with Crippen LogP contribution in [-0.2, 0) is 9.59 Å². The number of anilines is 1. The Morgan fingerprint density at radius 1 is 1.03 bits per heavy atom. The fourth-order valence-corrected chi connectivity index (χ4v) is 4.27. The van der Waals surface area contributed by atoms with E-state index in [4.69, 9.17) is 4.74 Å². The van der Waals surface area contributed by atoms with Crippen molar-refractivity contribution in [3.63, 3.8) is 0 Å². The number of nitrogens with zero attached hydrogens (tertiary/aromatic N) is 1. The van der Waals surface area contributed by atoms with Crippen LogP contribution >= 0.6 is 11.3 Å². The Morgan fingerprint density at radius 2 is 1.74 bits per heavy atom. The van der Waals surface area contributed by atoms with Crippen LogP contribution in [0, 0.1) is 6.92 Å². The van der Waals surface area contributed by atoms with E-state index in [1.54, 1.807) is 41.8 Å². The molecule has 0 aliphatic carbocycles. The standard InChI is InChI=1S/C27H31N3O4S/c1-18-13-14-21(34-5)20(16-18)30(23(31)17-28-25(32)22-12-9-15-35-22)24(19-10-7-6-8-11-19)26(33)29-27(2,3)4/h6-16,24H,17H2,1-5H3,(H,28,32)(H,29,33)/t24-/m1/s1. The fraction of sp³-hybridized carbons (Fsp3) is 0.296. The number of thiophene rings is 1. The highest BCUT2D eigenvalue weighted by molar-refractivity contribution is 7.12. The first kappa shape index (κ1) is 26.0. The average Bonchev–Trinajstić information content (AvgIpc) is 3.35. The zero-order valence-electron chi connectivity index (χ0n) is 20.6. The first-order chi connectivity index (χ1) is 16.6. The van der Waals surface area contributed by atoms with Crippen LogP contribution in [0.15, 0.2) is 66.0 Å². The number of ether oxygens (including phenoxy) is 1. The third-order valence-electron chi connectivity index (χ3n) is 5.13. The number of benzene rings is 2. The normalized spacial score (nSPS) is 11.9. The lowest BCUT2D eigenvalue weighted by molar-refractivity contribution is -0.127. The van der Waals surface area contributed by atoms with Crippen LogP contribution in [-0.4, -0.2) is 36.9 Å². The summed E-state index contributed by atoms with van der Waals surface area (Å²) in [5.41, 5.74) is 1.45. The second kappa shape index (κ2) is 11.2. The number of carbonyl (C=O) groups excluding carboxylic acids is 3. The van der Waals surface area contributed by atoms with Gasteiger partial charge in [0.1, 0.15) is 11.8 Å². The van der Waals surface area contributed by atoms with E-state index >= 15 is 0 Å². The second-order valence-electron chi connectivity index (χ2n) is 9.15. The number of hydrogen-bond donors (Lipinski definition) is 2. The summed E-state index contributed by atoms with van der Waals surface area (Å²) in [5, 5.41) is 7.49. The molecule has 2 N–H and O–H groups in total. The first-order valence-electron chi connectivity index (χ1n) is 11.3. The predicted molar refractivity (Wildman–Crippen MR) is 139 cm³/mol. The molecule has 3 rings (SSSR count). The van der Waals surface area contributed by atoms with Gasteiger partial charge in [0.2, 0.25) is 11.8 Å². The molecule has 0 aliphatic rings. The molecule has 2 aromatic carbocycles. The third kappa shape index (κ3) is 6.70. The molecule has 8 heteroatoms. The molecule has 0 spiro atoms. The lowest BCUT2D eigenvalue weighted by atomic mass is 10.00. The molecule has 0 unspecified atom stereocenters. The molecule has 1 atom stereocenters. The Balaban J connectivity index is 2.08. The van der Waals surface area contributed by atoms with Crippen molar-refractivity contribution in [1.29, 1.82) is 0 Å². The quantitative estimate of drug-likeness (QED) is 0.484. The summed E-state index contributed by atoms with van der Waals surface area (Å²) in [6, 6.07) is 17.0. The Kier molecular flexibility index (Phi) is 8.30. The Morgan fingerprint density at radius 3 is 2.34 bits per heavy atom. The minimum absolute atomic E-state index is 0.292. The van der Waals surface area contributed by atoms with E-state index in [2.05, 4.69) is 10.6 Å². The monoisotopic (exact) mass is 493 g/mol. The van der Waals surface area contributed by atoms with E-state index < -0.39 is 17.5 Å². The number of rotatable bonds is 8. The number of methoxy groups -OCH3 is 1. The molecule has 0 saturated carbocycles. The molecular formula is C27H31N3O4S. The van der Waals surface area contributed by atoms with Crippen LogP contribution < -0.4 is 20.3 Å². The van der Waals surface area contributed by atoms with Crippen LogP contribution in [0.3, 0.4) is 0 Å². The minimum atomic E-state index is -0.989. The van der Waals surface area contributed by atoms with Gasteiger partial charge in [-0.3, -0.25) is 19.3 Å². The van der Waals surface area contributed by atoms with Crippen molar-refractivity contribution in [3.05, 3.63) is 82.0 Å². The van der Waals surface area contributed by atoms with Gasteiger partial charge in [-0.05, 0) is 62.4 Å². The maximum Gasteiger partial charge on any atom is 0.261 e. The Bertz CT molecular complexity index is 1170. The van der Waals surface area contributed by atoms with E-state index in [0.29, 0.717) is 21.9 Å². The number of carbonyl (C=O) groups is 3. The van der Waals surface area contributed by atoms with Gasteiger partial charge in [0.05, 0.1) is 24.2 Å². The molecule has 35 heavy (non-hydrogen) atoms. The largest absolute Gasteiger partial charge is 0.495 e. The number of aryl methyl sites for hydroxylation is 1. The smallest absolute Gasteiger partial charge is 0.261 e. The summed E-state index contributed by atoms with van der Waals surface area (Å²) in [4.78, 5) is 41.9.